The predicted molar refractivity (Wildman–Crippen MR) is 126 cm³/mol. The SMILES string of the molecule is NCCCNc1nc(NCc2ccc(-n3cccn3)cc2)c2ncn(C3CCCC3)c2n1. The Bertz CT molecular complexity index is 1140. The zero-order chi connectivity index (χ0) is 21.8. The van der Waals surface area contributed by atoms with E-state index in [0.29, 0.717) is 25.1 Å². The van der Waals surface area contributed by atoms with Crippen molar-refractivity contribution < 1.29 is 0 Å². The van der Waals surface area contributed by atoms with E-state index in [2.05, 4.69) is 49.5 Å². The minimum absolute atomic E-state index is 0.467. The third kappa shape index (κ3) is 4.29. The second-order valence-corrected chi connectivity index (χ2v) is 8.20. The van der Waals surface area contributed by atoms with Gasteiger partial charge in [0.25, 0.3) is 0 Å². The summed E-state index contributed by atoms with van der Waals surface area (Å²) in [6, 6.07) is 10.7. The predicted octanol–water partition coefficient (Wildman–Crippen LogP) is 3.50. The van der Waals surface area contributed by atoms with Gasteiger partial charge in [-0.1, -0.05) is 25.0 Å². The molecule has 0 bridgehead atoms. The Morgan fingerprint density at radius 2 is 1.91 bits per heavy atom. The summed E-state index contributed by atoms with van der Waals surface area (Å²) in [7, 11) is 0. The van der Waals surface area contributed by atoms with Crippen LogP contribution >= 0.6 is 0 Å². The number of imidazole rings is 1. The zero-order valence-corrected chi connectivity index (χ0v) is 18.1. The van der Waals surface area contributed by atoms with Crippen molar-refractivity contribution in [3.05, 3.63) is 54.6 Å². The fourth-order valence-corrected chi connectivity index (χ4v) is 4.24. The Morgan fingerprint density at radius 1 is 1.06 bits per heavy atom. The van der Waals surface area contributed by atoms with Crippen LogP contribution in [0, 0.1) is 0 Å². The first-order valence-electron chi connectivity index (χ1n) is 11.3. The highest BCUT2D eigenvalue weighted by molar-refractivity contribution is 5.84. The number of nitrogens with two attached hydrogens (primary N) is 1. The Balaban J connectivity index is 1.39. The number of fused-ring (bicyclic) bond motifs is 1. The third-order valence-electron chi connectivity index (χ3n) is 5.97. The number of hydrogen-bond donors (Lipinski definition) is 3. The van der Waals surface area contributed by atoms with Crippen LogP contribution in [0.25, 0.3) is 16.9 Å². The van der Waals surface area contributed by atoms with Crippen molar-refractivity contribution in [2.24, 2.45) is 5.73 Å². The average molecular weight is 432 g/mol. The standard InChI is InChI=1S/C23H29N9/c24-11-3-12-25-23-29-21(20-22(30-23)31(16-27-20)18-5-1-2-6-18)26-15-17-7-9-19(10-8-17)32-14-4-13-28-32/h4,7-10,13-14,16,18H,1-3,5-6,11-12,15,24H2,(H2,25,26,29,30). The summed E-state index contributed by atoms with van der Waals surface area (Å²) >= 11 is 0. The molecule has 1 aliphatic rings. The molecule has 32 heavy (non-hydrogen) atoms. The maximum absolute atomic E-state index is 5.64. The largest absolute Gasteiger partial charge is 0.364 e. The van der Waals surface area contributed by atoms with Crippen LogP contribution in [0.1, 0.15) is 43.7 Å². The van der Waals surface area contributed by atoms with Crippen LogP contribution in [-0.2, 0) is 6.54 Å². The molecule has 1 aromatic carbocycles. The number of benzene rings is 1. The topological polar surface area (TPSA) is 112 Å². The van der Waals surface area contributed by atoms with Crippen LogP contribution in [0.4, 0.5) is 11.8 Å². The van der Waals surface area contributed by atoms with Crippen molar-refractivity contribution in [2.75, 3.05) is 23.7 Å². The minimum Gasteiger partial charge on any atom is -0.364 e. The third-order valence-corrected chi connectivity index (χ3v) is 5.97. The van der Waals surface area contributed by atoms with E-state index < -0.39 is 0 Å². The van der Waals surface area contributed by atoms with Gasteiger partial charge in [0.15, 0.2) is 17.0 Å². The molecule has 166 valence electrons. The number of anilines is 2. The molecule has 1 aliphatic carbocycles. The molecule has 0 atom stereocenters. The van der Waals surface area contributed by atoms with Crippen LogP contribution in [-0.4, -0.2) is 42.4 Å². The summed E-state index contributed by atoms with van der Waals surface area (Å²) in [5, 5.41) is 11.1. The van der Waals surface area contributed by atoms with Gasteiger partial charge >= 0.3 is 0 Å². The van der Waals surface area contributed by atoms with Crippen molar-refractivity contribution >= 4 is 22.9 Å². The van der Waals surface area contributed by atoms with E-state index in [4.69, 9.17) is 15.7 Å². The molecule has 5 rings (SSSR count). The van der Waals surface area contributed by atoms with E-state index in [-0.39, 0.29) is 0 Å². The molecule has 0 saturated heterocycles. The number of aromatic nitrogens is 6. The van der Waals surface area contributed by atoms with Crippen LogP contribution in [0.3, 0.4) is 0 Å². The van der Waals surface area contributed by atoms with Crippen LogP contribution < -0.4 is 16.4 Å². The van der Waals surface area contributed by atoms with Crippen LogP contribution in [0.5, 0.6) is 0 Å². The fourth-order valence-electron chi connectivity index (χ4n) is 4.24. The maximum atomic E-state index is 5.64. The smallest absolute Gasteiger partial charge is 0.226 e. The molecule has 0 spiro atoms. The summed E-state index contributed by atoms with van der Waals surface area (Å²) in [4.78, 5) is 14.2. The van der Waals surface area contributed by atoms with E-state index >= 15 is 0 Å². The highest BCUT2D eigenvalue weighted by Gasteiger charge is 2.21. The maximum Gasteiger partial charge on any atom is 0.226 e. The normalized spacial score (nSPS) is 14.3. The quantitative estimate of drug-likeness (QED) is 0.348. The van der Waals surface area contributed by atoms with E-state index in [9.17, 15) is 0 Å². The van der Waals surface area contributed by atoms with Gasteiger partial charge in [-0.25, -0.2) is 9.67 Å². The van der Waals surface area contributed by atoms with Crippen molar-refractivity contribution in [2.45, 2.75) is 44.7 Å². The molecule has 0 aliphatic heterocycles. The monoisotopic (exact) mass is 431 g/mol. The lowest BCUT2D eigenvalue weighted by molar-refractivity contribution is 0.529. The highest BCUT2D eigenvalue weighted by Crippen LogP contribution is 2.33. The summed E-state index contributed by atoms with van der Waals surface area (Å²) in [5.41, 5.74) is 9.53. The van der Waals surface area contributed by atoms with E-state index in [1.54, 1.807) is 6.20 Å². The Morgan fingerprint density at radius 3 is 2.66 bits per heavy atom. The number of nitrogens with one attached hydrogen (secondary N) is 2. The molecule has 9 nitrogen and oxygen atoms in total. The molecule has 0 radical (unpaired) electrons. The molecule has 4 aromatic rings. The Hall–Kier alpha value is -3.46. The summed E-state index contributed by atoms with van der Waals surface area (Å²) in [6.45, 7) is 2.02. The number of hydrogen-bond acceptors (Lipinski definition) is 7. The lowest BCUT2D eigenvalue weighted by atomic mass is 10.2. The van der Waals surface area contributed by atoms with Gasteiger partial charge in [-0.15, -0.1) is 0 Å². The Labute approximate surface area is 187 Å². The summed E-state index contributed by atoms with van der Waals surface area (Å²) in [6.07, 6.45) is 11.4. The molecular weight excluding hydrogens is 402 g/mol. The summed E-state index contributed by atoms with van der Waals surface area (Å²) < 4.78 is 4.07. The molecule has 0 unspecified atom stereocenters. The molecule has 3 heterocycles. The highest BCUT2D eigenvalue weighted by atomic mass is 15.3. The average Bonchev–Trinajstić information content (AvgIpc) is 3.59. The van der Waals surface area contributed by atoms with Crippen molar-refractivity contribution in [1.29, 1.82) is 0 Å². The van der Waals surface area contributed by atoms with E-state index in [1.165, 1.54) is 25.7 Å². The first-order chi connectivity index (χ1) is 15.8. The summed E-state index contributed by atoms with van der Waals surface area (Å²) in [5.74, 6) is 1.36. The molecule has 4 N–H and O–H groups in total. The first kappa shape index (κ1) is 20.4. The van der Waals surface area contributed by atoms with Crippen molar-refractivity contribution in [3.63, 3.8) is 0 Å². The van der Waals surface area contributed by atoms with Gasteiger partial charge < -0.3 is 20.9 Å². The van der Waals surface area contributed by atoms with E-state index in [1.807, 2.05) is 23.3 Å². The molecule has 1 saturated carbocycles. The molecule has 9 heteroatoms. The van der Waals surface area contributed by atoms with Gasteiger partial charge in [-0.05, 0) is 49.6 Å². The van der Waals surface area contributed by atoms with Gasteiger partial charge in [-0.2, -0.15) is 15.1 Å². The minimum atomic E-state index is 0.467. The molecule has 0 amide bonds. The fraction of sp³-hybridized carbons (Fsp3) is 0.391. The number of nitrogens with zero attached hydrogens (tertiary/aromatic N) is 6. The van der Waals surface area contributed by atoms with Crippen LogP contribution in [0.15, 0.2) is 49.1 Å². The van der Waals surface area contributed by atoms with Gasteiger partial charge in [0.1, 0.15) is 0 Å². The first-order valence-corrected chi connectivity index (χ1v) is 11.3. The van der Waals surface area contributed by atoms with Crippen molar-refractivity contribution in [1.82, 2.24) is 29.3 Å². The lowest BCUT2D eigenvalue weighted by Gasteiger charge is -2.14. The van der Waals surface area contributed by atoms with E-state index in [0.717, 1.165) is 41.2 Å². The van der Waals surface area contributed by atoms with Gasteiger partial charge in [0.05, 0.1) is 12.0 Å². The second kappa shape index (κ2) is 9.35. The lowest BCUT2D eigenvalue weighted by Crippen LogP contribution is -2.13. The van der Waals surface area contributed by atoms with Gasteiger partial charge in [-0.3, -0.25) is 0 Å². The van der Waals surface area contributed by atoms with Gasteiger partial charge in [0.2, 0.25) is 5.95 Å². The molecular formula is C23H29N9. The van der Waals surface area contributed by atoms with Crippen molar-refractivity contribution in [3.8, 4) is 5.69 Å². The second-order valence-electron chi connectivity index (χ2n) is 8.20. The van der Waals surface area contributed by atoms with Crippen LogP contribution in [0.2, 0.25) is 0 Å². The zero-order valence-electron chi connectivity index (χ0n) is 18.1. The molecule has 1 fully saturated rings. The Kier molecular flexibility index (Phi) is 5.98. The number of rotatable bonds is 9. The molecule has 3 aromatic heterocycles. The van der Waals surface area contributed by atoms with Gasteiger partial charge in [0, 0.05) is 31.5 Å².